The summed E-state index contributed by atoms with van der Waals surface area (Å²) in [6.45, 7) is 2.07. The molecule has 5 nitrogen and oxygen atoms in total. The Hall–Kier alpha value is -1.33. The van der Waals surface area contributed by atoms with Crippen LogP contribution in [0.2, 0.25) is 0 Å². The SMILES string of the molecule is O=C(NC[C@]1(CCO)CCOC1)[C@@H]1C[C@@H]1c1ccco1. The molecule has 1 amide bonds. The Morgan fingerprint density at radius 3 is 3.10 bits per heavy atom. The summed E-state index contributed by atoms with van der Waals surface area (Å²) in [6.07, 6.45) is 4.09. The van der Waals surface area contributed by atoms with E-state index in [1.807, 2.05) is 12.1 Å². The largest absolute Gasteiger partial charge is 0.469 e. The minimum absolute atomic E-state index is 0.0367. The van der Waals surface area contributed by atoms with E-state index in [9.17, 15) is 4.79 Å². The molecule has 2 aliphatic rings. The maximum Gasteiger partial charge on any atom is 0.223 e. The molecule has 20 heavy (non-hydrogen) atoms. The van der Waals surface area contributed by atoms with E-state index in [2.05, 4.69) is 5.32 Å². The average molecular weight is 279 g/mol. The number of nitrogens with one attached hydrogen (secondary N) is 1. The number of carbonyl (C=O) groups excluding carboxylic acids is 1. The third-order valence-electron chi connectivity index (χ3n) is 4.50. The Labute approximate surface area is 118 Å². The number of hydrogen-bond acceptors (Lipinski definition) is 4. The first-order valence-corrected chi connectivity index (χ1v) is 7.24. The summed E-state index contributed by atoms with van der Waals surface area (Å²) in [5, 5.41) is 12.2. The fourth-order valence-corrected chi connectivity index (χ4v) is 3.02. The molecule has 2 N–H and O–H groups in total. The standard InChI is InChI=1S/C15H21NO4/c17-5-3-15(4-7-19-10-15)9-16-14(18)12-8-11(12)13-2-1-6-20-13/h1-2,6,11-12,17H,3-5,7-10H2,(H,16,18)/t11-,12+,15-/m0/s1. The monoisotopic (exact) mass is 279 g/mol. The van der Waals surface area contributed by atoms with Gasteiger partial charge in [0.1, 0.15) is 5.76 Å². The molecule has 5 heteroatoms. The summed E-state index contributed by atoms with van der Waals surface area (Å²) in [7, 11) is 0. The molecule has 0 spiro atoms. The van der Waals surface area contributed by atoms with Crippen LogP contribution in [0.1, 0.15) is 30.9 Å². The van der Waals surface area contributed by atoms with Gasteiger partial charge in [-0.1, -0.05) is 0 Å². The fraction of sp³-hybridized carbons (Fsp3) is 0.667. The lowest BCUT2D eigenvalue weighted by Gasteiger charge is -2.26. The highest BCUT2D eigenvalue weighted by Crippen LogP contribution is 2.47. The van der Waals surface area contributed by atoms with E-state index < -0.39 is 0 Å². The van der Waals surface area contributed by atoms with Gasteiger partial charge in [0, 0.05) is 37.0 Å². The maximum absolute atomic E-state index is 12.2. The van der Waals surface area contributed by atoms with Crippen molar-refractivity contribution >= 4 is 5.91 Å². The van der Waals surface area contributed by atoms with Crippen molar-refractivity contribution in [3.63, 3.8) is 0 Å². The molecule has 1 saturated carbocycles. The number of hydrogen-bond donors (Lipinski definition) is 2. The number of aliphatic hydroxyl groups excluding tert-OH is 1. The summed E-state index contributed by atoms with van der Waals surface area (Å²) in [5.41, 5.74) is -0.0839. The van der Waals surface area contributed by atoms with Crippen molar-refractivity contribution in [2.75, 3.05) is 26.4 Å². The van der Waals surface area contributed by atoms with Gasteiger partial charge in [0.15, 0.2) is 0 Å². The summed E-state index contributed by atoms with van der Waals surface area (Å²) in [5.74, 6) is 1.27. The molecule has 0 radical (unpaired) electrons. The van der Waals surface area contributed by atoms with E-state index in [-0.39, 0.29) is 29.8 Å². The van der Waals surface area contributed by atoms with Crippen molar-refractivity contribution in [1.82, 2.24) is 5.32 Å². The minimum Gasteiger partial charge on any atom is -0.469 e. The number of ether oxygens (including phenoxy) is 1. The Bertz CT molecular complexity index is 450. The van der Waals surface area contributed by atoms with Crippen molar-refractivity contribution < 1.29 is 19.1 Å². The van der Waals surface area contributed by atoms with E-state index in [4.69, 9.17) is 14.3 Å². The number of rotatable bonds is 6. The van der Waals surface area contributed by atoms with E-state index in [1.165, 1.54) is 0 Å². The van der Waals surface area contributed by atoms with Crippen molar-refractivity contribution in [1.29, 1.82) is 0 Å². The zero-order chi connectivity index (χ0) is 14.0. The molecule has 1 aliphatic heterocycles. The number of amides is 1. The first-order valence-electron chi connectivity index (χ1n) is 7.24. The molecule has 0 unspecified atom stereocenters. The van der Waals surface area contributed by atoms with Crippen molar-refractivity contribution in [3.8, 4) is 0 Å². The van der Waals surface area contributed by atoms with Gasteiger partial charge in [-0.05, 0) is 31.4 Å². The van der Waals surface area contributed by atoms with Crippen LogP contribution in [0.4, 0.5) is 0 Å². The second-order valence-corrected chi connectivity index (χ2v) is 5.96. The van der Waals surface area contributed by atoms with Crippen LogP contribution in [0.3, 0.4) is 0 Å². The maximum atomic E-state index is 12.2. The molecule has 0 bridgehead atoms. The molecule has 2 heterocycles. The average Bonchev–Trinajstić information content (AvgIpc) is 2.89. The van der Waals surface area contributed by atoms with Crippen LogP contribution in [-0.2, 0) is 9.53 Å². The number of carbonyl (C=O) groups is 1. The van der Waals surface area contributed by atoms with Crippen LogP contribution in [-0.4, -0.2) is 37.4 Å². The van der Waals surface area contributed by atoms with Gasteiger partial charge in [-0.3, -0.25) is 4.79 Å². The van der Waals surface area contributed by atoms with Gasteiger partial charge in [-0.25, -0.2) is 0 Å². The first kappa shape index (κ1) is 13.6. The van der Waals surface area contributed by atoms with Crippen molar-refractivity contribution in [2.24, 2.45) is 11.3 Å². The molecular formula is C15H21NO4. The van der Waals surface area contributed by atoms with E-state index in [0.29, 0.717) is 26.2 Å². The van der Waals surface area contributed by atoms with E-state index >= 15 is 0 Å². The lowest BCUT2D eigenvalue weighted by Crippen LogP contribution is -2.39. The minimum atomic E-state index is -0.0839. The molecular weight excluding hydrogens is 258 g/mol. The molecule has 3 rings (SSSR count). The van der Waals surface area contributed by atoms with E-state index in [0.717, 1.165) is 18.6 Å². The highest BCUT2D eigenvalue weighted by Gasteiger charge is 2.46. The summed E-state index contributed by atoms with van der Waals surface area (Å²) in [4.78, 5) is 12.2. The highest BCUT2D eigenvalue weighted by atomic mass is 16.5. The van der Waals surface area contributed by atoms with Gasteiger partial charge in [0.05, 0.1) is 12.9 Å². The Morgan fingerprint density at radius 2 is 2.45 bits per heavy atom. The second-order valence-electron chi connectivity index (χ2n) is 5.96. The molecule has 1 aromatic heterocycles. The Morgan fingerprint density at radius 1 is 1.55 bits per heavy atom. The van der Waals surface area contributed by atoms with Crippen molar-refractivity contribution in [3.05, 3.63) is 24.2 Å². The third kappa shape index (κ3) is 2.74. The second kappa shape index (κ2) is 5.58. The number of aliphatic hydroxyl groups is 1. The van der Waals surface area contributed by atoms with Crippen LogP contribution in [0.25, 0.3) is 0 Å². The van der Waals surface area contributed by atoms with Gasteiger partial charge in [0.25, 0.3) is 0 Å². The van der Waals surface area contributed by atoms with Gasteiger partial charge >= 0.3 is 0 Å². The van der Waals surface area contributed by atoms with Crippen molar-refractivity contribution in [2.45, 2.75) is 25.2 Å². The summed E-state index contributed by atoms with van der Waals surface area (Å²) >= 11 is 0. The van der Waals surface area contributed by atoms with E-state index in [1.54, 1.807) is 6.26 Å². The Kier molecular flexibility index (Phi) is 3.81. The zero-order valence-electron chi connectivity index (χ0n) is 11.5. The molecule has 0 aromatic carbocycles. The molecule has 1 aliphatic carbocycles. The predicted octanol–water partition coefficient (Wildman–Crippen LogP) is 1.29. The molecule has 3 atom stereocenters. The lowest BCUT2D eigenvalue weighted by molar-refractivity contribution is -0.123. The van der Waals surface area contributed by atoms with Gasteiger partial charge in [0.2, 0.25) is 5.91 Å². The Balaban J connectivity index is 1.50. The summed E-state index contributed by atoms with van der Waals surface area (Å²) in [6, 6.07) is 3.78. The van der Waals surface area contributed by atoms with Crippen LogP contribution in [0.15, 0.2) is 22.8 Å². The quantitative estimate of drug-likeness (QED) is 0.823. The summed E-state index contributed by atoms with van der Waals surface area (Å²) < 4.78 is 10.8. The van der Waals surface area contributed by atoms with Crippen LogP contribution >= 0.6 is 0 Å². The normalized spacial score (nSPS) is 32.2. The fourth-order valence-electron chi connectivity index (χ4n) is 3.02. The predicted molar refractivity (Wildman–Crippen MR) is 72.1 cm³/mol. The van der Waals surface area contributed by atoms with Crippen LogP contribution in [0, 0.1) is 11.3 Å². The molecule has 110 valence electrons. The third-order valence-corrected chi connectivity index (χ3v) is 4.50. The molecule has 1 saturated heterocycles. The topological polar surface area (TPSA) is 71.7 Å². The first-order chi connectivity index (χ1) is 9.74. The lowest BCUT2D eigenvalue weighted by atomic mass is 9.84. The smallest absolute Gasteiger partial charge is 0.223 e. The van der Waals surface area contributed by atoms with Gasteiger partial charge in [-0.15, -0.1) is 0 Å². The van der Waals surface area contributed by atoms with Crippen LogP contribution in [0.5, 0.6) is 0 Å². The van der Waals surface area contributed by atoms with Gasteiger partial charge in [-0.2, -0.15) is 0 Å². The molecule has 1 aromatic rings. The zero-order valence-corrected chi connectivity index (χ0v) is 11.5. The number of furan rings is 1. The van der Waals surface area contributed by atoms with Gasteiger partial charge < -0.3 is 19.6 Å². The van der Waals surface area contributed by atoms with Crippen LogP contribution < -0.4 is 5.32 Å². The highest BCUT2D eigenvalue weighted by molar-refractivity contribution is 5.82. The molecule has 2 fully saturated rings.